The number of nitrogens with zero attached hydrogens (tertiary/aromatic N) is 2. The third-order valence-corrected chi connectivity index (χ3v) is 16.6. The van der Waals surface area contributed by atoms with E-state index < -0.39 is 0 Å². The van der Waals surface area contributed by atoms with Gasteiger partial charge in [0.05, 0.1) is 108 Å². The Morgan fingerprint density at radius 2 is 0.895 bits per heavy atom. The number of ether oxygens (including phenoxy) is 6. The zero-order chi connectivity index (χ0) is 58.7. The van der Waals surface area contributed by atoms with Crippen molar-refractivity contribution in [3.8, 4) is 44.5 Å². The van der Waals surface area contributed by atoms with Gasteiger partial charge in [0, 0.05) is 74.0 Å². The summed E-state index contributed by atoms with van der Waals surface area (Å²) in [6.07, 6.45) is 11.6. The van der Waals surface area contributed by atoms with Crippen LogP contribution >= 0.6 is 11.8 Å². The maximum Gasteiger partial charge on any atom is 0.315 e. The number of carbonyl (C=O) groups excluding carboxylic acids is 3. The molecule has 3 atom stereocenters. The highest BCUT2D eigenvalue weighted by molar-refractivity contribution is 8.00. The van der Waals surface area contributed by atoms with Gasteiger partial charge in [-0.15, -0.1) is 0 Å². The van der Waals surface area contributed by atoms with Gasteiger partial charge in [-0.25, -0.2) is 14.8 Å². The number of fused-ring (bicyclic) bond motifs is 9. The molecular formula is C68H72N8O9S. The minimum Gasteiger partial charge on any atom is -0.377 e. The second-order valence-electron chi connectivity index (χ2n) is 21.1. The molecule has 4 aliphatic heterocycles. The van der Waals surface area contributed by atoms with Crippen molar-refractivity contribution in [1.29, 1.82) is 0 Å². The number of urea groups is 1. The van der Waals surface area contributed by atoms with Crippen LogP contribution in [0.25, 0.3) is 90.9 Å². The third kappa shape index (κ3) is 15.6. The van der Waals surface area contributed by atoms with Gasteiger partial charge in [-0.1, -0.05) is 110 Å². The Kier molecular flexibility index (Phi) is 20.9. The molecule has 3 aromatic heterocycles. The summed E-state index contributed by atoms with van der Waals surface area (Å²) in [6, 6.07) is 47.7. The van der Waals surface area contributed by atoms with Crippen molar-refractivity contribution in [3.05, 3.63) is 162 Å². The Balaban J connectivity index is 0.621. The molecular weight excluding hydrogens is 1100 g/mol. The summed E-state index contributed by atoms with van der Waals surface area (Å²) in [7, 11) is 0. The van der Waals surface area contributed by atoms with Crippen LogP contribution in [0.15, 0.2) is 140 Å². The number of benzene rings is 4. The van der Waals surface area contributed by atoms with Gasteiger partial charge in [-0.2, -0.15) is 11.8 Å². The quantitative estimate of drug-likeness (QED) is 0.0183. The number of thioether (sulfide) groups is 1. The summed E-state index contributed by atoms with van der Waals surface area (Å²) in [5.74, 6) is 0.700. The lowest BCUT2D eigenvalue weighted by molar-refractivity contribution is -0.122. The van der Waals surface area contributed by atoms with Gasteiger partial charge in [0.1, 0.15) is 6.61 Å². The fourth-order valence-electron chi connectivity index (χ4n) is 11.0. The Bertz CT molecular complexity index is 3610. The van der Waals surface area contributed by atoms with Crippen LogP contribution in [0.5, 0.6) is 0 Å². The summed E-state index contributed by atoms with van der Waals surface area (Å²) in [5.41, 5.74) is 15.4. The molecule has 4 aliphatic rings. The Hall–Kier alpha value is -8.20. The van der Waals surface area contributed by atoms with Crippen LogP contribution in [0.3, 0.4) is 0 Å². The molecule has 0 saturated carbocycles. The van der Waals surface area contributed by atoms with Crippen LogP contribution in [-0.2, 0) is 38.0 Å². The summed E-state index contributed by atoms with van der Waals surface area (Å²) in [6.45, 7) is 4.71. The van der Waals surface area contributed by atoms with E-state index in [0.717, 1.165) is 114 Å². The molecule has 8 bridgehead atoms. The molecule has 0 spiro atoms. The first-order valence-corrected chi connectivity index (χ1v) is 30.6. The fourth-order valence-corrected chi connectivity index (χ4v) is 12.6. The first kappa shape index (κ1) is 59.5. The van der Waals surface area contributed by atoms with Gasteiger partial charge in [-0.3, -0.25) is 9.59 Å². The summed E-state index contributed by atoms with van der Waals surface area (Å²) in [5, 5.41) is 12.3. The number of aromatic nitrogens is 4. The topological polar surface area (TPSA) is 212 Å². The standard InChI is InChI=1S/C68H72N8O9S/c77-61(19-11-10-18-60-67-59(45-86-60)75-68(79)76-67)69-32-33-80-34-35-81-36-37-82-38-39-83-40-41-84-42-43-85-44-62(78)70-50-22-20-49(21-23-50)66-57-30-28-55(73-57)64(47-14-6-2-7-15-47)53-26-24-51(71-53)63(46-12-4-1-5-13-46)52-25-27-54(72-52)65(48-16-8-3-9-17-48)56-29-31-58(66)74-56/h1-9,12-17,20-31,59-60,67,71,74H,10-11,18-19,32-45H2,(H,69,77)(H,70,78)(H2,75,76,79)/t59-,60-,67-/m0/s1. The van der Waals surface area contributed by atoms with Crippen LogP contribution in [0.2, 0.25) is 0 Å². The second kappa shape index (κ2) is 30.2. The predicted octanol–water partition coefficient (Wildman–Crippen LogP) is 11.2. The number of H-pyrrole nitrogens is 2. The number of amides is 4. The maximum absolute atomic E-state index is 13.1. The maximum atomic E-state index is 13.1. The lowest BCUT2D eigenvalue weighted by atomic mass is 10.0. The summed E-state index contributed by atoms with van der Waals surface area (Å²) >= 11 is 1.90. The van der Waals surface area contributed by atoms with Crippen molar-refractivity contribution in [2.45, 2.75) is 43.0 Å². The third-order valence-electron chi connectivity index (χ3n) is 15.1. The first-order valence-electron chi connectivity index (χ1n) is 29.6. The molecule has 0 unspecified atom stereocenters. The molecule has 11 rings (SSSR count). The highest BCUT2D eigenvalue weighted by Crippen LogP contribution is 2.39. The molecule has 86 heavy (non-hydrogen) atoms. The lowest BCUT2D eigenvalue weighted by Crippen LogP contribution is -2.36. The monoisotopic (exact) mass is 1180 g/mol. The largest absolute Gasteiger partial charge is 0.377 e. The van der Waals surface area contributed by atoms with Crippen LogP contribution in [0.4, 0.5) is 10.5 Å². The number of nitrogens with one attached hydrogen (secondary N) is 6. The number of anilines is 1. The van der Waals surface area contributed by atoms with Crippen LogP contribution in [0, 0.1) is 0 Å². The molecule has 2 fully saturated rings. The average Bonchev–Trinajstić information content (AvgIpc) is 2.18. The predicted molar refractivity (Wildman–Crippen MR) is 341 cm³/mol. The van der Waals surface area contributed by atoms with Gasteiger partial charge in [0.15, 0.2) is 0 Å². The van der Waals surface area contributed by atoms with E-state index in [1.54, 1.807) is 0 Å². The normalized spacial score (nSPS) is 15.8. The molecule has 2 saturated heterocycles. The molecule has 7 aromatic rings. The van der Waals surface area contributed by atoms with Crippen molar-refractivity contribution >= 4 is 81.7 Å². The number of hydrogen-bond acceptors (Lipinski definition) is 12. The van der Waals surface area contributed by atoms with E-state index in [2.05, 4.69) is 128 Å². The zero-order valence-electron chi connectivity index (χ0n) is 48.0. The second-order valence-corrected chi connectivity index (χ2v) is 22.3. The van der Waals surface area contributed by atoms with E-state index >= 15 is 0 Å². The molecule has 18 heteroatoms. The molecule has 6 N–H and O–H groups in total. The van der Waals surface area contributed by atoms with Crippen molar-refractivity contribution in [1.82, 2.24) is 35.9 Å². The van der Waals surface area contributed by atoms with Gasteiger partial charge < -0.3 is 59.7 Å². The van der Waals surface area contributed by atoms with Crippen molar-refractivity contribution in [3.63, 3.8) is 0 Å². The molecule has 4 aromatic carbocycles. The highest BCUT2D eigenvalue weighted by atomic mass is 32.2. The molecule has 7 heterocycles. The zero-order valence-corrected chi connectivity index (χ0v) is 48.8. The number of carbonyl (C=O) groups is 3. The van der Waals surface area contributed by atoms with E-state index in [4.69, 9.17) is 38.4 Å². The minimum absolute atomic E-state index is 0.0299. The van der Waals surface area contributed by atoms with E-state index in [9.17, 15) is 14.4 Å². The van der Waals surface area contributed by atoms with Gasteiger partial charge in [0.25, 0.3) is 0 Å². The number of aromatic amines is 2. The van der Waals surface area contributed by atoms with E-state index in [1.807, 2.05) is 78.5 Å². The van der Waals surface area contributed by atoms with Crippen LogP contribution in [-0.4, -0.2) is 147 Å². The van der Waals surface area contributed by atoms with Crippen LogP contribution < -0.4 is 21.3 Å². The Morgan fingerprint density at radius 1 is 0.477 bits per heavy atom. The van der Waals surface area contributed by atoms with E-state index in [0.29, 0.717) is 90.0 Å². The minimum atomic E-state index is -0.277. The van der Waals surface area contributed by atoms with Crippen molar-refractivity contribution < 1.29 is 42.8 Å². The molecule has 17 nitrogen and oxygen atoms in total. The van der Waals surface area contributed by atoms with Gasteiger partial charge in [-0.05, 0) is 95.8 Å². The van der Waals surface area contributed by atoms with Gasteiger partial charge >= 0.3 is 6.03 Å². The lowest BCUT2D eigenvalue weighted by Gasteiger charge is -2.16. The molecule has 4 amide bonds. The average molecular weight is 1180 g/mol. The van der Waals surface area contributed by atoms with E-state index in [1.165, 1.54) is 0 Å². The van der Waals surface area contributed by atoms with Gasteiger partial charge in [0.2, 0.25) is 11.8 Å². The molecule has 444 valence electrons. The first-order chi connectivity index (χ1) is 42.4. The Labute approximate surface area is 504 Å². The summed E-state index contributed by atoms with van der Waals surface area (Å²) < 4.78 is 33.6. The SMILES string of the molecule is O=C(CCCC[C@@H]1SC[C@@H]2NC(=O)N[C@@H]21)NCCOCCOCCOCCOCCOCCOCC(=O)Nc1ccc(-c2c3nc(c(-c4ccccc4)c4ccc([nH]4)c(-c4ccccc4)c4nc(c(-c5ccccc5)c5ccc2[nH]5)C=C4)C=C3)cc1. The van der Waals surface area contributed by atoms with Crippen LogP contribution in [0.1, 0.15) is 48.5 Å². The smallest absolute Gasteiger partial charge is 0.315 e. The van der Waals surface area contributed by atoms with Crippen molar-refractivity contribution in [2.75, 3.05) is 96.9 Å². The van der Waals surface area contributed by atoms with Crippen molar-refractivity contribution in [2.24, 2.45) is 0 Å². The Morgan fingerprint density at radius 3 is 1.35 bits per heavy atom. The molecule has 0 aliphatic carbocycles. The highest BCUT2D eigenvalue weighted by Gasteiger charge is 2.42. The number of rotatable bonds is 30. The fraction of sp³-hybridized carbons (Fsp3) is 0.309. The molecule has 0 radical (unpaired) electrons. The van der Waals surface area contributed by atoms with E-state index in [-0.39, 0.29) is 43.1 Å². The number of hydrogen-bond donors (Lipinski definition) is 6. The summed E-state index contributed by atoms with van der Waals surface area (Å²) in [4.78, 5) is 55.2. The number of unbranched alkanes of at least 4 members (excludes halogenated alkanes) is 1.